The lowest BCUT2D eigenvalue weighted by Crippen LogP contribution is -2.14. The monoisotopic (exact) mass is 506 g/mol. The van der Waals surface area contributed by atoms with Gasteiger partial charge in [0, 0.05) is 29.9 Å². The number of rotatable bonds is 6. The van der Waals surface area contributed by atoms with Crippen LogP contribution in [0.4, 0.5) is 10.1 Å². The summed E-state index contributed by atoms with van der Waals surface area (Å²) in [5.74, 6) is 0.378. The van der Waals surface area contributed by atoms with E-state index in [1.807, 2.05) is 38.1 Å². The van der Waals surface area contributed by atoms with Gasteiger partial charge in [0.15, 0.2) is 11.5 Å². The van der Waals surface area contributed by atoms with Gasteiger partial charge < -0.3 is 10.3 Å². The summed E-state index contributed by atoms with van der Waals surface area (Å²) in [5.41, 5.74) is 6.68. The van der Waals surface area contributed by atoms with Gasteiger partial charge in [-0.1, -0.05) is 26.0 Å². The number of amides is 1. The van der Waals surface area contributed by atoms with Crippen LogP contribution in [0, 0.1) is 11.7 Å². The molecule has 1 aromatic carbocycles. The van der Waals surface area contributed by atoms with E-state index in [9.17, 15) is 9.18 Å². The Balaban J connectivity index is 1.38. The number of hydrogen-bond donors (Lipinski definition) is 3. The van der Waals surface area contributed by atoms with E-state index >= 15 is 0 Å². The maximum absolute atomic E-state index is 13.9. The molecule has 0 bridgehead atoms. The third-order valence-electron chi connectivity index (χ3n) is 6.07. The Morgan fingerprint density at radius 3 is 2.66 bits per heavy atom. The van der Waals surface area contributed by atoms with E-state index in [4.69, 9.17) is 9.97 Å². The van der Waals surface area contributed by atoms with Gasteiger partial charge in [-0.15, -0.1) is 0 Å². The van der Waals surface area contributed by atoms with Crippen molar-refractivity contribution in [2.45, 2.75) is 20.3 Å². The number of carbonyl (C=O) groups is 1. The summed E-state index contributed by atoms with van der Waals surface area (Å²) in [6, 6.07) is 11.9. The topological polar surface area (TPSA) is 125 Å². The molecule has 10 heteroatoms. The number of pyridine rings is 3. The Bertz CT molecular complexity index is 1810. The molecule has 0 fully saturated rings. The molecule has 0 unspecified atom stereocenters. The summed E-state index contributed by atoms with van der Waals surface area (Å²) in [7, 11) is 0. The second kappa shape index (κ2) is 9.47. The standard InChI is InChI=1S/C28H23FN8O/c1-15(2)8-24(38)32-19-10-17(11-30-12-19)21-6-7-22-26(33-21)27(37-36-22)28-34-23-14-31-13-20(25(23)35-28)16-4-3-5-18(29)9-16/h3-7,9-15H,8H2,1-2H3,(H,32,38)(H,34,35)(H,36,37). The largest absolute Gasteiger partial charge is 0.335 e. The Kier molecular flexibility index (Phi) is 5.83. The summed E-state index contributed by atoms with van der Waals surface area (Å²) in [6.45, 7) is 3.99. The summed E-state index contributed by atoms with van der Waals surface area (Å²) in [6.07, 6.45) is 7.08. The third kappa shape index (κ3) is 4.47. The molecule has 0 radical (unpaired) electrons. The minimum Gasteiger partial charge on any atom is -0.335 e. The van der Waals surface area contributed by atoms with Gasteiger partial charge in [-0.25, -0.2) is 14.4 Å². The molecule has 0 saturated carbocycles. The molecular weight excluding hydrogens is 483 g/mol. The number of nitrogens with one attached hydrogen (secondary N) is 3. The van der Waals surface area contributed by atoms with Crippen LogP contribution in [0.3, 0.4) is 0 Å². The molecule has 6 rings (SSSR count). The first-order chi connectivity index (χ1) is 18.4. The third-order valence-corrected chi connectivity index (χ3v) is 6.07. The van der Waals surface area contributed by atoms with E-state index in [1.54, 1.807) is 30.9 Å². The molecule has 3 N–H and O–H groups in total. The van der Waals surface area contributed by atoms with Gasteiger partial charge in [-0.05, 0) is 41.8 Å². The number of H-pyrrole nitrogens is 2. The molecule has 0 aliphatic rings. The van der Waals surface area contributed by atoms with E-state index in [1.165, 1.54) is 12.1 Å². The van der Waals surface area contributed by atoms with Crippen LogP contribution in [0.1, 0.15) is 20.3 Å². The molecule has 5 aromatic heterocycles. The zero-order valence-corrected chi connectivity index (χ0v) is 20.7. The van der Waals surface area contributed by atoms with E-state index in [0.717, 1.165) is 11.1 Å². The predicted molar refractivity (Wildman–Crippen MR) is 143 cm³/mol. The maximum Gasteiger partial charge on any atom is 0.224 e. The van der Waals surface area contributed by atoms with E-state index in [2.05, 4.69) is 30.5 Å². The van der Waals surface area contributed by atoms with Crippen LogP contribution >= 0.6 is 0 Å². The molecule has 6 aromatic rings. The van der Waals surface area contributed by atoms with Gasteiger partial charge in [0.1, 0.15) is 11.3 Å². The Morgan fingerprint density at radius 1 is 0.947 bits per heavy atom. The molecule has 9 nitrogen and oxygen atoms in total. The van der Waals surface area contributed by atoms with Gasteiger partial charge in [-0.2, -0.15) is 5.10 Å². The van der Waals surface area contributed by atoms with Crippen molar-refractivity contribution in [3.8, 4) is 33.9 Å². The number of nitrogens with zero attached hydrogens (tertiary/aromatic N) is 5. The van der Waals surface area contributed by atoms with Gasteiger partial charge in [0.2, 0.25) is 5.91 Å². The smallest absolute Gasteiger partial charge is 0.224 e. The zero-order valence-electron chi connectivity index (χ0n) is 20.7. The molecule has 1 amide bonds. The van der Waals surface area contributed by atoms with Gasteiger partial charge in [0.25, 0.3) is 0 Å². The molecule has 0 aliphatic carbocycles. The van der Waals surface area contributed by atoms with E-state index < -0.39 is 0 Å². The zero-order chi connectivity index (χ0) is 26.2. The second-order valence-electron chi connectivity index (χ2n) is 9.45. The van der Waals surface area contributed by atoms with Crippen molar-refractivity contribution in [3.05, 3.63) is 73.1 Å². The van der Waals surface area contributed by atoms with Crippen molar-refractivity contribution < 1.29 is 9.18 Å². The lowest BCUT2D eigenvalue weighted by atomic mass is 10.1. The highest BCUT2D eigenvalue weighted by atomic mass is 19.1. The number of halogens is 1. The Labute approximate surface area is 216 Å². The highest BCUT2D eigenvalue weighted by molar-refractivity contribution is 5.96. The molecule has 5 heterocycles. The highest BCUT2D eigenvalue weighted by Crippen LogP contribution is 2.31. The number of aromatic nitrogens is 7. The maximum atomic E-state index is 13.9. The quantitative estimate of drug-likeness (QED) is 0.264. The van der Waals surface area contributed by atoms with Crippen LogP contribution in [-0.2, 0) is 4.79 Å². The van der Waals surface area contributed by atoms with Crippen LogP contribution in [0.2, 0.25) is 0 Å². The summed E-state index contributed by atoms with van der Waals surface area (Å²) in [4.78, 5) is 33.7. The second-order valence-corrected chi connectivity index (χ2v) is 9.45. The van der Waals surface area contributed by atoms with Gasteiger partial charge in [0.05, 0.1) is 40.3 Å². The first-order valence-corrected chi connectivity index (χ1v) is 12.1. The number of fused-ring (bicyclic) bond motifs is 2. The number of imidazole rings is 1. The minimum atomic E-state index is -0.330. The number of carbonyl (C=O) groups excluding carboxylic acids is 1. The minimum absolute atomic E-state index is 0.0588. The number of hydrogen-bond acceptors (Lipinski definition) is 6. The van der Waals surface area contributed by atoms with Gasteiger partial charge >= 0.3 is 0 Å². The lowest BCUT2D eigenvalue weighted by Gasteiger charge is -2.08. The first kappa shape index (κ1) is 23.4. The van der Waals surface area contributed by atoms with E-state index in [-0.39, 0.29) is 17.6 Å². The normalized spacial score (nSPS) is 11.5. The number of anilines is 1. The lowest BCUT2D eigenvalue weighted by molar-refractivity contribution is -0.116. The fourth-order valence-electron chi connectivity index (χ4n) is 4.37. The van der Waals surface area contributed by atoms with Crippen LogP contribution in [0.25, 0.3) is 56.0 Å². The van der Waals surface area contributed by atoms with Crippen LogP contribution in [-0.4, -0.2) is 41.0 Å². The predicted octanol–water partition coefficient (Wildman–Crippen LogP) is 5.75. The van der Waals surface area contributed by atoms with Crippen LogP contribution < -0.4 is 5.32 Å². The van der Waals surface area contributed by atoms with Crippen LogP contribution in [0.15, 0.2) is 67.3 Å². The fourth-order valence-corrected chi connectivity index (χ4v) is 4.37. The SMILES string of the molecule is CC(C)CC(=O)Nc1cncc(-c2ccc3[nH]nc(-c4nc5c(-c6cccc(F)c6)cncc5[nH]4)c3n2)c1. The van der Waals surface area contributed by atoms with Crippen molar-refractivity contribution in [2.75, 3.05) is 5.32 Å². The molecule has 0 atom stereocenters. The molecule has 0 aliphatic heterocycles. The van der Waals surface area contributed by atoms with Crippen LogP contribution in [0.5, 0.6) is 0 Å². The summed E-state index contributed by atoms with van der Waals surface area (Å²) < 4.78 is 13.9. The highest BCUT2D eigenvalue weighted by Gasteiger charge is 2.17. The molecule has 0 saturated heterocycles. The molecule has 0 spiro atoms. The summed E-state index contributed by atoms with van der Waals surface area (Å²) >= 11 is 0. The fraction of sp³-hybridized carbons (Fsp3) is 0.143. The molecule has 188 valence electrons. The van der Waals surface area contributed by atoms with Crippen molar-refractivity contribution in [3.63, 3.8) is 0 Å². The summed E-state index contributed by atoms with van der Waals surface area (Å²) in [5, 5.41) is 10.4. The average molecular weight is 507 g/mol. The first-order valence-electron chi connectivity index (χ1n) is 12.1. The van der Waals surface area contributed by atoms with Crippen molar-refractivity contribution in [1.82, 2.24) is 35.1 Å². The van der Waals surface area contributed by atoms with Gasteiger partial charge in [-0.3, -0.25) is 19.9 Å². The molecular formula is C28H23FN8O. The van der Waals surface area contributed by atoms with Crippen molar-refractivity contribution >= 4 is 33.7 Å². The van der Waals surface area contributed by atoms with Crippen molar-refractivity contribution in [1.29, 1.82) is 0 Å². The molecule has 38 heavy (non-hydrogen) atoms. The van der Waals surface area contributed by atoms with Crippen molar-refractivity contribution in [2.24, 2.45) is 5.92 Å². The Morgan fingerprint density at radius 2 is 1.82 bits per heavy atom. The average Bonchev–Trinajstić information content (AvgIpc) is 3.52. The number of aromatic amines is 2. The Hall–Kier alpha value is -4.99. The van der Waals surface area contributed by atoms with E-state index in [0.29, 0.717) is 57.0 Å². The number of benzene rings is 1.